The summed E-state index contributed by atoms with van der Waals surface area (Å²) in [7, 11) is 0. The van der Waals surface area contributed by atoms with Crippen LogP contribution in [0.3, 0.4) is 0 Å². The van der Waals surface area contributed by atoms with Crippen molar-refractivity contribution in [3.63, 3.8) is 0 Å². The summed E-state index contributed by atoms with van der Waals surface area (Å²) in [6.07, 6.45) is 6.29. The van der Waals surface area contributed by atoms with Gasteiger partial charge in [-0.05, 0) is 79.7 Å². The maximum Gasteiger partial charge on any atom is 0.167 e. The average Bonchev–Trinajstić information content (AvgIpc) is 3.13. The van der Waals surface area contributed by atoms with E-state index < -0.39 is 23.3 Å². The Hall–Kier alpha value is -2.14. The van der Waals surface area contributed by atoms with Crippen molar-refractivity contribution in [2.75, 3.05) is 6.61 Å². The summed E-state index contributed by atoms with van der Waals surface area (Å²) < 4.78 is 66.0. The fraction of sp³-hybridized carbons (Fsp3) is 0.462. The van der Waals surface area contributed by atoms with Crippen molar-refractivity contribution in [3.8, 4) is 11.1 Å². The minimum absolute atomic E-state index is 0.107. The third kappa shape index (κ3) is 3.42. The van der Waals surface area contributed by atoms with Gasteiger partial charge < -0.3 is 4.74 Å². The summed E-state index contributed by atoms with van der Waals surface area (Å²) in [6, 6.07) is 3.27. The van der Waals surface area contributed by atoms with Gasteiger partial charge in [-0.3, -0.25) is 0 Å². The van der Waals surface area contributed by atoms with Crippen LogP contribution in [0, 0.1) is 29.2 Å². The molecule has 2 aromatic carbocycles. The van der Waals surface area contributed by atoms with E-state index >= 15 is 17.6 Å². The Kier molecular flexibility index (Phi) is 5.20. The molecule has 5 rings (SSSR count). The molecule has 0 saturated carbocycles. The van der Waals surface area contributed by atoms with Crippen LogP contribution in [0.5, 0.6) is 0 Å². The van der Waals surface area contributed by atoms with Gasteiger partial charge in [-0.15, -0.1) is 0 Å². The lowest BCUT2D eigenvalue weighted by atomic mass is 9.86. The Morgan fingerprint density at radius 1 is 0.839 bits per heavy atom. The van der Waals surface area contributed by atoms with Gasteiger partial charge in [-0.25, -0.2) is 17.6 Å². The van der Waals surface area contributed by atoms with Crippen molar-refractivity contribution in [2.24, 2.45) is 5.92 Å². The third-order valence-electron chi connectivity index (χ3n) is 7.20. The fourth-order valence-electron chi connectivity index (χ4n) is 5.27. The molecule has 1 heterocycles. The molecule has 164 valence electrons. The van der Waals surface area contributed by atoms with Crippen LogP contribution in [-0.2, 0) is 11.2 Å². The standard InChI is InChI=1S/C26H26F4O/c1-13-3-6-15(7-4-13)19-10-17-9-18-11-20(16-8-5-14(2)31-12-16)24(28)26(30)22(18)21(17)25(29)23(19)27/h6,10-11,13-14,16H,3-5,7-9,12H2,1-2H3. The second-order valence-corrected chi connectivity index (χ2v) is 9.42. The molecule has 0 N–H and O–H groups in total. The van der Waals surface area contributed by atoms with E-state index in [1.807, 2.05) is 13.0 Å². The van der Waals surface area contributed by atoms with Gasteiger partial charge in [-0.1, -0.05) is 19.1 Å². The Labute approximate surface area is 180 Å². The number of halogens is 4. The predicted molar refractivity (Wildman–Crippen MR) is 113 cm³/mol. The number of rotatable bonds is 2. The highest BCUT2D eigenvalue weighted by Crippen LogP contribution is 2.46. The molecule has 3 unspecified atom stereocenters. The minimum Gasteiger partial charge on any atom is -0.378 e. The van der Waals surface area contributed by atoms with Crippen molar-refractivity contribution in [1.29, 1.82) is 0 Å². The van der Waals surface area contributed by atoms with Gasteiger partial charge in [0.25, 0.3) is 0 Å². The van der Waals surface area contributed by atoms with Crippen molar-refractivity contribution < 1.29 is 22.3 Å². The average molecular weight is 430 g/mol. The van der Waals surface area contributed by atoms with Crippen molar-refractivity contribution in [3.05, 3.63) is 63.7 Å². The maximum absolute atomic E-state index is 15.2. The first-order valence-corrected chi connectivity index (χ1v) is 11.2. The monoisotopic (exact) mass is 430 g/mol. The molecular formula is C26H26F4O. The SMILES string of the molecule is CC1CC=C(c2cc3c(c(F)c2F)-c2c(cc(C4CCC(C)OC4)c(F)c2F)C3)CC1. The van der Waals surface area contributed by atoms with Crippen LogP contribution in [0.2, 0.25) is 0 Å². The summed E-state index contributed by atoms with van der Waals surface area (Å²) in [4.78, 5) is 0. The van der Waals surface area contributed by atoms with E-state index in [2.05, 4.69) is 6.92 Å². The van der Waals surface area contributed by atoms with Crippen LogP contribution in [0.4, 0.5) is 17.6 Å². The first kappa shape index (κ1) is 20.7. The largest absolute Gasteiger partial charge is 0.378 e. The normalized spacial score (nSPS) is 25.2. The smallest absolute Gasteiger partial charge is 0.167 e. The van der Waals surface area contributed by atoms with Gasteiger partial charge in [0.2, 0.25) is 0 Å². The zero-order valence-corrected chi connectivity index (χ0v) is 17.8. The van der Waals surface area contributed by atoms with Gasteiger partial charge in [0, 0.05) is 22.6 Å². The molecule has 1 fully saturated rings. The molecule has 0 bridgehead atoms. The quantitative estimate of drug-likeness (QED) is 0.388. The second kappa shape index (κ2) is 7.77. The van der Waals surface area contributed by atoms with Crippen LogP contribution in [-0.4, -0.2) is 12.7 Å². The van der Waals surface area contributed by atoms with Gasteiger partial charge in [0.05, 0.1) is 12.7 Å². The summed E-state index contributed by atoms with van der Waals surface area (Å²) in [5.74, 6) is -3.80. The van der Waals surface area contributed by atoms with Crippen LogP contribution >= 0.6 is 0 Å². The first-order chi connectivity index (χ1) is 14.8. The summed E-state index contributed by atoms with van der Waals surface area (Å²) >= 11 is 0. The van der Waals surface area contributed by atoms with Crippen molar-refractivity contribution in [2.45, 2.75) is 64.4 Å². The van der Waals surface area contributed by atoms with Gasteiger partial charge in [0.1, 0.15) is 0 Å². The Morgan fingerprint density at radius 2 is 1.55 bits per heavy atom. The number of allylic oxidation sites excluding steroid dienone is 2. The molecule has 3 aliphatic rings. The molecule has 2 aliphatic carbocycles. The van der Waals surface area contributed by atoms with E-state index in [1.54, 1.807) is 12.1 Å². The molecule has 0 amide bonds. The molecule has 0 radical (unpaired) electrons. The lowest BCUT2D eigenvalue weighted by Crippen LogP contribution is -2.23. The highest BCUT2D eigenvalue weighted by atomic mass is 19.2. The summed E-state index contributed by atoms with van der Waals surface area (Å²) in [5.41, 5.74) is 2.12. The van der Waals surface area contributed by atoms with E-state index in [0.29, 0.717) is 36.5 Å². The molecule has 0 aromatic heterocycles. The molecule has 2 aromatic rings. The van der Waals surface area contributed by atoms with Crippen molar-refractivity contribution >= 4 is 5.57 Å². The maximum atomic E-state index is 15.2. The summed E-state index contributed by atoms with van der Waals surface area (Å²) in [5, 5.41) is 0. The molecule has 1 nitrogen and oxygen atoms in total. The molecule has 0 spiro atoms. The molecule has 1 aliphatic heterocycles. The van der Waals surface area contributed by atoms with E-state index in [9.17, 15) is 0 Å². The topological polar surface area (TPSA) is 9.23 Å². The molecule has 3 atom stereocenters. The van der Waals surface area contributed by atoms with Gasteiger partial charge in [-0.2, -0.15) is 0 Å². The van der Waals surface area contributed by atoms with Crippen LogP contribution in [0.15, 0.2) is 18.2 Å². The zero-order chi connectivity index (χ0) is 21.9. The van der Waals surface area contributed by atoms with Gasteiger partial charge in [0.15, 0.2) is 23.3 Å². The summed E-state index contributed by atoms with van der Waals surface area (Å²) in [6.45, 7) is 4.43. The Bertz CT molecular complexity index is 1080. The predicted octanol–water partition coefficient (Wildman–Crippen LogP) is 7.30. The van der Waals surface area contributed by atoms with E-state index in [1.165, 1.54) is 0 Å². The van der Waals surface area contributed by atoms with Gasteiger partial charge >= 0.3 is 0 Å². The number of hydrogen-bond acceptors (Lipinski definition) is 1. The molecular weight excluding hydrogens is 404 g/mol. The number of benzene rings is 2. The Balaban J connectivity index is 1.58. The lowest BCUT2D eigenvalue weighted by Gasteiger charge is -2.28. The fourth-order valence-corrected chi connectivity index (χ4v) is 5.27. The van der Waals surface area contributed by atoms with Crippen LogP contribution in [0.25, 0.3) is 16.7 Å². The number of fused-ring (bicyclic) bond motifs is 3. The van der Waals surface area contributed by atoms with Crippen LogP contribution in [0.1, 0.15) is 74.1 Å². The zero-order valence-electron chi connectivity index (χ0n) is 17.8. The van der Waals surface area contributed by atoms with E-state index in [0.717, 1.165) is 24.8 Å². The lowest BCUT2D eigenvalue weighted by molar-refractivity contribution is 0.0147. The van der Waals surface area contributed by atoms with E-state index in [4.69, 9.17) is 4.74 Å². The number of hydrogen-bond donors (Lipinski definition) is 0. The second-order valence-electron chi connectivity index (χ2n) is 9.42. The molecule has 1 saturated heterocycles. The Morgan fingerprint density at radius 3 is 2.19 bits per heavy atom. The minimum atomic E-state index is -1.08. The van der Waals surface area contributed by atoms with Crippen LogP contribution < -0.4 is 0 Å². The highest BCUT2D eigenvalue weighted by Gasteiger charge is 2.34. The highest BCUT2D eigenvalue weighted by molar-refractivity contribution is 5.81. The van der Waals surface area contributed by atoms with Crippen molar-refractivity contribution in [1.82, 2.24) is 0 Å². The molecule has 31 heavy (non-hydrogen) atoms. The first-order valence-electron chi connectivity index (χ1n) is 11.2. The molecule has 5 heteroatoms. The third-order valence-corrected chi connectivity index (χ3v) is 7.20. The van der Waals surface area contributed by atoms with E-state index in [-0.39, 0.29) is 40.7 Å². The number of ether oxygens (including phenoxy) is 1.